The molecule has 0 aliphatic carbocycles. The monoisotopic (exact) mass is 761 g/mol. The summed E-state index contributed by atoms with van der Waals surface area (Å²) in [4.78, 5) is 50.7. The third kappa shape index (κ3) is 13.7. The van der Waals surface area contributed by atoms with Crippen molar-refractivity contribution in [3.8, 4) is 23.0 Å². The molecule has 2 amide bonds. The van der Waals surface area contributed by atoms with Crippen LogP contribution in [0, 0.1) is 0 Å². The number of aliphatic hydroxyl groups is 2. The van der Waals surface area contributed by atoms with Gasteiger partial charge in [-0.25, -0.2) is 9.59 Å². The van der Waals surface area contributed by atoms with Crippen molar-refractivity contribution in [3.05, 3.63) is 47.0 Å². The van der Waals surface area contributed by atoms with Crippen molar-refractivity contribution in [2.75, 3.05) is 61.2 Å². The fraction of sp³-hybridized carbons (Fsp3) is 0.590. The summed E-state index contributed by atoms with van der Waals surface area (Å²) >= 11 is 0. The van der Waals surface area contributed by atoms with Crippen molar-refractivity contribution in [2.24, 2.45) is 0 Å². The summed E-state index contributed by atoms with van der Waals surface area (Å²) in [6, 6.07) is 9.62. The summed E-state index contributed by atoms with van der Waals surface area (Å²) in [6.07, 6.45) is 4.41. The van der Waals surface area contributed by atoms with Crippen LogP contribution in [0.25, 0.3) is 0 Å². The molecule has 0 saturated heterocycles. The molecule has 1 heterocycles. The highest BCUT2D eigenvalue weighted by Crippen LogP contribution is 2.40. The van der Waals surface area contributed by atoms with Crippen molar-refractivity contribution in [1.82, 2.24) is 15.1 Å². The van der Waals surface area contributed by atoms with Crippen LogP contribution in [0.3, 0.4) is 0 Å². The fourth-order valence-corrected chi connectivity index (χ4v) is 6.16. The largest absolute Gasteiger partial charge is 0.493 e. The number of ether oxygens (including phenoxy) is 4. The summed E-state index contributed by atoms with van der Waals surface area (Å²) in [7, 11) is 6.49. The molecule has 0 aromatic heterocycles. The van der Waals surface area contributed by atoms with E-state index in [4.69, 9.17) is 39.4 Å². The van der Waals surface area contributed by atoms with E-state index in [0.29, 0.717) is 48.9 Å². The Morgan fingerprint density at radius 2 is 1.37 bits per heavy atom. The van der Waals surface area contributed by atoms with Crippen LogP contribution in [0.15, 0.2) is 30.3 Å². The van der Waals surface area contributed by atoms with Crippen LogP contribution in [0.5, 0.6) is 23.0 Å². The van der Waals surface area contributed by atoms with Crippen molar-refractivity contribution < 1.29 is 58.6 Å². The van der Waals surface area contributed by atoms with Gasteiger partial charge in [0.15, 0.2) is 35.2 Å². The zero-order valence-corrected chi connectivity index (χ0v) is 32.5. The molecule has 302 valence electrons. The second kappa shape index (κ2) is 23.9. The van der Waals surface area contributed by atoms with E-state index in [1.807, 2.05) is 35.2 Å². The number of hydrogen-bond acceptors (Lipinski definition) is 11. The lowest BCUT2D eigenvalue weighted by molar-refractivity contribution is -0.165. The summed E-state index contributed by atoms with van der Waals surface area (Å²) < 4.78 is 22.3. The SMILES string of the molecule is CCCCCCCCN(CC(=O)N1CCc2cc(OC)c(OC)cc2C1Cc1ccc(OC)c(OC)c1)C(=O)CNCCC.O=C(O)C(O)C(O)C(=O)O. The number of amides is 2. The molecular weight excluding hydrogens is 702 g/mol. The Hall–Kier alpha value is -4.60. The Morgan fingerprint density at radius 1 is 0.796 bits per heavy atom. The minimum atomic E-state index is -2.27. The smallest absolute Gasteiger partial charge is 0.335 e. The van der Waals surface area contributed by atoms with E-state index >= 15 is 0 Å². The van der Waals surface area contributed by atoms with Gasteiger partial charge in [0, 0.05) is 13.1 Å². The van der Waals surface area contributed by atoms with Crippen molar-refractivity contribution in [2.45, 2.75) is 89.9 Å². The Morgan fingerprint density at radius 3 is 1.94 bits per heavy atom. The van der Waals surface area contributed by atoms with Crippen LogP contribution < -0.4 is 24.3 Å². The Balaban J connectivity index is 0.000000881. The molecule has 2 aromatic carbocycles. The second-order valence-electron chi connectivity index (χ2n) is 13.0. The Bertz CT molecular complexity index is 1490. The van der Waals surface area contributed by atoms with Gasteiger partial charge in [-0.3, -0.25) is 9.59 Å². The van der Waals surface area contributed by atoms with Crippen LogP contribution in [-0.4, -0.2) is 127 Å². The number of methoxy groups -OCH3 is 4. The average molecular weight is 762 g/mol. The highest BCUT2D eigenvalue weighted by Gasteiger charge is 2.34. The van der Waals surface area contributed by atoms with E-state index in [1.165, 1.54) is 19.3 Å². The van der Waals surface area contributed by atoms with E-state index in [2.05, 4.69) is 19.2 Å². The van der Waals surface area contributed by atoms with Crippen LogP contribution in [0.2, 0.25) is 0 Å². The number of nitrogens with zero attached hydrogens (tertiary/aromatic N) is 2. The lowest BCUT2D eigenvalue weighted by Gasteiger charge is -2.39. The van der Waals surface area contributed by atoms with Crippen LogP contribution in [0.1, 0.15) is 81.5 Å². The summed E-state index contributed by atoms with van der Waals surface area (Å²) in [6.45, 7) is 6.49. The number of aliphatic hydroxyl groups excluding tert-OH is 2. The molecule has 3 unspecified atom stereocenters. The standard InChI is InChI=1S/C35H53N3O6.C4H6O6/c1-7-9-10-11-12-13-18-37(34(39)24-36-17-8-2)25-35(40)38-19-16-27-22-32(43-5)33(44-6)23-28(27)29(38)20-26-14-15-30(41-3)31(21-26)42-4;5-1(3(7)8)2(6)4(9)10/h14-15,21-23,29,36H,7-13,16-20,24-25H2,1-6H3;1-2,5-6H,(H,7,8)(H,9,10). The minimum absolute atomic E-state index is 0.0272. The number of benzene rings is 2. The van der Waals surface area contributed by atoms with E-state index in [-0.39, 0.29) is 30.9 Å². The lowest BCUT2D eigenvalue weighted by Crippen LogP contribution is -2.49. The maximum Gasteiger partial charge on any atom is 0.335 e. The first-order chi connectivity index (χ1) is 25.9. The first kappa shape index (κ1) is 45.6. The highest BCUT2D eigenvalue weighted by molar-refractivity contribution is 5.86. The summed E-state index contributed by atoms with van der Waals surface area (Å²) in [5.41, 5.74) is 3.16. The van der Waals surface area contributed by atoms with Crippen molar-refractivity contribution in [1.29, 1.82) is 0 Å². The second-order valence-corrected chi connectivity index (χ2v) is 13.0. The Labute approximate surface area is 318 Å². The van der Waals surface area contributed by atoms with Gasteiger partial charge < -0.3 is 54.5 Å². The molecule has 0 bridgehead atoms. The number of carboxylic acids is 2. The van der Waals surface area contributed by atoms with Crippen LogP contribution >= 0.6 is 0 Å². The zero-order valence-electron chi connectivity index (χ0n) is 32.5. The van der Waals surface area contributed by atoms with Crippen LogP contribution in [0.4, 0.5) is 0 Å². The zero-order chi connectivity index (χ0) is 40.2. The van der Waals surface area contributed by atoms with Crippen molar-refractivity contribution >= 4 is 23.8 Å². The number of aliphatic carboxylic acids is 2. The minimum Gasteiger partial charge on any atom is -0.493 e. The first-order valence-electron chi connectivity index (χ1n) is 18.4. The maximum absolute atomic E-state index is 14.1. The van der Waals surface area contributed by atoms with Gasteiger partial charge in [-0.05, 0) is 73.2 Å². The topological polar surface area (TPSA) is 205 Å². The molecule has 0 saturated carbocycles. The maximum atomic E-state index is 14.1. The first-order valence-corrected chi connectivity index (χ1v) is 18.4. The van der Waals surface area contributed by atoms with Gasteiger partial charge in [-0.2, -0.15) is 0 Å². The molecule has 54 heavy (non-hydrogen) atoms. The number of nitrogens with one attached hydrogen (secondary N) is 1. The van der Waals surface area contributed by atoms with Gasteiger partial charge in [-0.1, -0.05) is 52.0 Å². The molecule has 2 aromatic rings. The summed E-state index contributed by atoms with van der Waals surface area (Å²) in [5.74, 6) is -1.02. The third-order valence-corrected chi connectivity index (χ3v) is 9.17. The highest BCUT2D eigenvalue weighted by atomic mass is 16.5. The van der Waals surface area contributed by atoms with E-state index in [9.17, 15) is 19.2 Å². The molecule has 3 atom stereocenters. The number of fused-ring (bicyclic) bond motifs is 1. The quantitative estimate of drug-likeness (QED) is 0.109. The van der Waals surface area contributed by atoms with Gasteiger partial charge in [0.25, 0.3) is 0 Å². The number of rotatable bonds is 22. The fourth-order valence-electron chi connectivity index (χ4n) is 6.16. The van der Waals surface area contributed by atoms with Gasteiger partial charge in [-0.15, -0.1) is 0 Å². The molecule has 1 aliphatic heterocycles. The molecule has 0 radical (unpaired) electrons. The molecule has 15 heteroatoms. The molecule has 0 fully saturated rings. The molecular formula is C39H59N3O12. The van der Waals surface area contributed by atoms with E-state index in [0.717, 1.165) is 48.9 Å². The van der Waals surface area contributed by atoms with E-state index < -0.39 is 24.1 Å². The van der Waals surface area contributed by atoms with Crippen LogP contribution in [-0.2, 0) is 32.0 Å². The number of unbranched alkanes of at least 4 members (excludes halogenated alkanes) is 5. The average Bonchev–Trinajstić information content (AvgIpc) is 3.17. The molecule has 0 spiro atoms. The van der Waals surface area contributed by atoms with Gasteiger partial charge in [0.2, 0.25) is 11.8 Å². The molecule has 5 N–H and O–H groups in total. The number of carbonyl (C=O) groups is 4. The van der Waals surface area contributed by atoms with E-state index in [1.54, 1.807) is 33.3 Å². The van der Waals surface area contributed by atoms with Crippen molar-refractivity contribution in [3.63, 3.8) is 0 Å². The predicted octanol–water partition coefficient (Wildman–Crippen LogP) is 3.46. The summed E-state index contributed by atoms with van der Waals surface area (Å²) in [5, 5.41) is 35.7. The number of carboxylic acid groups (broad SMARTS) is 2. The Kier molecular flexibility index (Phi) is 20.2. The van der Waals surface area contributed by atoms with Gasteiger partial charge >= 0.3 is 11.9 Å². The van der Waals surface area contributed by atoms with Gasteiger partial charge in [0.05, 0.1) is 47.6 Å². The molecule has 15 nitrogen and oxygen atoms in total. The molecule has 3 rings (SSSR count). The lowest BCUT2D eigenvalue weighted by atomic mass is 9.88. The van der Waals surface area contributed by atoms with Gasteiger partial charge in [0.1, 0.15) is 0 Å². The predicted molar refractivity (Wildman–Crippen MR) is 201 cm³/mol. The third-order valence-electron chi connectivity index (χ3n) is 9.17. The normalized spacial score (nSPS) is 14.4. The number of hydrogen-bond donors (Lipinski definition) is 5. The number of carbonyl (C=O) groups excluding carboxylic acids is 2. The molecule has 1 aliphatic rings.